The summed E-state index contributed by atoms with van der Waals surface area (Å²) in [5.41, 5.74) is 11.6. The number of carbonyl (C=O) groups is 3. The number of hydrogen-bond acceptors (Lipinski definition) is 5. The number of nitrogens with zero attached hydrogens (tertiary/aromatic N) is 3. The van der Waals surface area contributed by atoms with Crippen LogP contribution in [0.4, 0.5) is 5.69 Å². The van der Waals surface area contributed by atoms with Crippen LogP contribution in [-0.2, 0) is 16.1 Å². The zero-order valence-corrected chi connectivity index (χ0v) is 18.2. The number of amides is 3. The first-order chi connectivity index (χ1) is 16.5. The number of hydrogen-bond donors (Lipinski definition) is 2. The van der Waals surface area contributed by atoms with Gasteiger partial charge < -0.3 is 10.6 Å². The van der Waals surface area contributed by atoms with Crippen LogP contribution in [0.25, 0.3) is 28.1 Å². The maximum Gasteiger partial charge on any atom is 0.255 e. The van der Waals surface area contributed by atoms with Gasteiger partial charge in [0, 0.05) is 35.5 Å². The average Bonchev–Trinajstić information content (AvgIpc) is 3.37. The Morgan fingerprint density at radius 2 is 1.76 bits per heavy atom. The lowest BCUT2D eigenvalue weighted by Gasteiger charge is -2.29. The third kappa shape index (κ3) is 3.14. The largest absolute Gasteiger partial charge is 0.399 e. The molecule has 8 nitrogen and oxygen atoms in total. The second kappa shape index (κ2) is 7.55. The summed E-state index contributed by atoms with van der Waals surface area (Å²) in [5.74, 6) is -0.152. The van der Waals surface area contributed by atoms with Crippen LogP contribution in [0.5, 0.6) is 0 Å². The van der Waals surface area contributed by atoms with E-state index in [4.69, 9.17) is 10.7 Å². The summed E-state index contributed by atoms with van der Waals surface area (Å²) in [6.07, 6.45) is 0.567. The van der Waals surface area contributed by atoms with Crippen LogP contribution < -0.4 is 11.1 Å². The van der Waals surface area contributed by atoms with Crippen molar-refractivity contribution in [1.82, 2.24) is 19.8 Å². The van der Waals surface area contributed by atoms with Gasteiger partial charge >= 0.3 is 0 Å². The lowest BCUT2D eigenvalue weighted by Crippen LogP contribution is -2.52. The number of anilines is 1. The standard InChI is InChI=1S/C26H21N5O3/c27-17-6-8-18(9-7-17)31-21-4-2-1-3-20(21)28-24(31)15-5-10-19-16(13-15)14-30(26(19)34)22-11-12-23(32)29-25(22)33/h1-10,13,22H,11-12,14,27H2,(H,29,32,33). The van der Waals surface area contributed by atoms with Crippen LogP contribution in [0.15, 0.2) is 66.7 Å². The number of imidazole rings is 1. The van der Waals surface area contributed by atoms with Gasteiger partial charge in [0.25, 0.3) is 5.91 Å². The molecule has 2 aliphatic rings. The van der Waals surface area contributed by atoms with Crippen LogP contribution in [0.2, 0.25) is 0 Å². The summed E-state index contributed by atoms with van der Waals surface area (Å²) in [6, 6.07) is 20.5. The van der Waals surface area contributed by atoms with Gasteiger partial charge in [-0.25, -0.2) is 4.98 Å². The summed E-state index contributed by atoms with van der Waals surface area (Å²) in [6.45, 7) is 0.316. The van der Waals surface area contributed by atoms with Gasteiger partial charge in [0.2, 0.25) is 11.8 Å². The molecule has 1 fully saturated rings. The number of aromatic nitrogens is 2. The van der Waals surface area contributed by atoms with E-state index >= 15 is 0 Å². The van der Waals surface area contributed by atoms with Crippen LogP contribution in [-0.4, -0.2) is 38.2 Å². The number of fused-ring (bicyclic) bond motifs is 2. The zero-order chi connectivity index (χ0) is 23.4. The molecule has 34 heavy (non-hydrogen) atoms. The number of benzene rings is 3. The predicted molar refractivity (Wildman–Crippen MR) is 127 cm³/mol. The fraction of sp³-hybridized carbons (Fsp3) is 0.154. The van der Waals surface area contributed by atoms with Crippen LogP contribution >= 0.6 is 0 Å². The molecule has 3 N–H and O–H groups in total. The monoisotopic (exact) mass is 451 g/mol. The number of nitrogen functional groups attached to an aromatic ring is 1. The fourth-order valence-corrected chi connectivity index (χ4v) is 4.82. The maximum atomic E-state index is 13.1. The molecule has 1 aromatic heterocycles. The first kappa shape index (κ1) is 20.2. The van der Waals surface area contributed by atoms with E-state index in [-0.39, 0.29) is 18.2 Å². The Morgan fingerprint density at radius 3 is 2.56 bits per heavy atom. The second-order valence-corrected chi connectivity index (χ2v) is 8.62. The summed E-state index contributed by atoms with van der Waals surface area (Å²) < 4.78 is 2.07. The molecule has 8 heteroatoms. The van der Waals surface area contributed by atoms with Crippen molar-refractivity contribution in [3.8, 4) is 17.1 Å². The molecule has 1 unspecified atom stereocenters. The second-order valence-electron chi connectivity index (χ2n) is 8.62. The fourth-order valence-electron chi connectivity index (χ4n) is 4.82. The summed E-state index contributed by atoms with van der Waals surface area (Å²) >= 11 is 0. The number of carbonyl (C=O) groups excluding carboxylic acids is 3. The van der Waals surface area contributed by atoms with Gasteiger partial charge in [0.15, 0.2) is 0 Å². The highest BCUT2D eigenvalue weighted by atomic mass is 16.2. The molecule has 0 radical (unpaired) electrons. The first-order valence-corrected chi connectivity index (χ1v) is 11.1. The Morgan fingerprint density at radius 1 is 0.971 bits per heavy atom. The lowest BCUT2D eigenvalue weighted by atomic mass is 10.0. The van der Waals surface area contributed by atoms with Gasteiger partial charge in [-0.15, -0.1) is 0 Å². The zero-order valence-electron chi connectivity index (χ0n) is 18.2. The van der Waals surface area contributed by atoms with Crippen molar-refractivity contribution in [3.63, 3.8) is 0 Å². The van der Waals surface area contributed by atoms with Crippen LogP contribution in [0, 0.1) is 0 Å². The van der Waals surface area contributed by atoms with Gasteiger partial charge in [-0.1, -0.05) is 18.2 Å². The predicted octanol–water partition coefficient (Wildman–Crippen LogP) is 3.04. The molecule has 6 rings (SSSR count). The van der Waals surface area contributed by atoms with Gasteiger partial charge in [-0.3, -0.25) is 24.3 Å². The Hall–Kier alpha value is -4.46. The quantitative estimate of drug-likeness (QED) is 0.368. The molecular formula is C26H21N5O3. The highest BCUT2D eigenvalue weighted by Crippen LogP contribution is 2.33. The van der Waals surface area contributed by atoms with Gasteiger partial charge in [0.05, 0.1) is 11.0 Å². The summed E-state index contributed by atoms with van der Waals surface area (Å²) in [4.78, 5) is 43.4. The van der Waals surface area contributed by atoms with E-state index in [1.807, 2.05) is 60.7 Å². The minimum atomic E-state index is -0.639. The van der Waals surface area contributed by atoms with E-state index in [2.05, 4.69) is 9.88 Å². The molecule has 3 heterocycles. The molecule has 0 bridgehead atoms. The third-order valence-corrected chi connectivity index (χ3v) is 6.49. The van der Waals surface area contributed by atoms with Crippen LogP contribution in [0.3, 0.4) is 0 Å². The molecule has 3 aromatic carbocycles. The smallest absolute Gasteiger partial charge is 0.255 e. The van der Waals surface area contributed by atoms with E-state index < -0.39 is 11.9 Å². The van der Waals surface area contributed by atoms with Crippen molar-refractivity contribution in [3.05, 3.63) is 77.9 Å². The van der Waals surface area contributed by atoms with Crippen molar-refractivity contribution in [2.24, 2.45) is 0 Å². The minimum absolute atomic E-state index is 0.192. The molecule has 1 atom stereocenters. The lowest BCUT2D eigenvalue weighted by molar-refractivity contribution is -0.136. The highest BCUT2D eigenvalue weighted by molar-refractivity contribution is 6.05. The highest BCUT2D eigenvalue weighted by Gasteiger charge is 2.39. The number of para-hydroxylation sites is 2. The Balaban J connectivity index is 1.42. The van der Waals surface area contributed by atoms with Gasteiger partial charge in [-0.2, -0.15) is 0 Å². The van der Waals surface area contributed by atoms with E-state index in [0.29, 0.717) is 24.2 Å². The van der Waals surface area contributed by atoms with E-state index in [9.17, 15) is 14.4 Å². The van der Waals surface area contributed by atoms with E-state index in [1.165, 1.54) is 0 Å². The molecule has 0 aliphatic carbocycles. The average molecular weight is 451 g/mol. The number of rotatable bonds is 3. The molecule has 1 saturated heterocycles. The Bertz CT molecular complexity index is 1490. The number of piperidine rings is 1. The molecule has 168 valence electrons. The number of nitrogens with two attached hydrogens (primary N) is 1. The van der Waals surface area contributed by atoms with Crippen molar-refractivity contribution in [2.45, 2.75) is 25.4 Å². The normalized spacial score (nSPS) is 17.8. The molecule has 4 aromatic rings. The van der Waals surface area contributed by atoms with E-state index in [1.54, 1.807) is 11.0 Å². The Kier molecular flexibility index (Phi) is 4.48. The molecule has 0 saturated carbocycles. The molecule has 3 amide bonds. The van der Waals surface area contributed by atoms with Crippen molar-refractivity contribution in [1.29, 1.82) is 0 Å². The van der Waals surface area contributed by atoms with Crippen molar-refractivity contribution in [2.75, 3.05) is 5.73 Å². The SMILES string of the molecule is Nc1ccc(-n2c(-c3ccc4c(c3)CN(C3CCC(=O)NC3=O)C4=O)nc3ccccc32)cc1. The van der Waals surface area contributed by atoms with Gasteiger partial charge in [0.1, 0.15) is 11.9 Å². The number of imide groups is 1. The first-order valence-electron chi connectivity index (χ1n) is 11.1. The molecule has 0 spiro atoms. The minimum Gasteiger partial charge on any atom is -0.399 e. The van der Waals surface area contributed by atoms with E-state index in [0.717, 1.165) is 33.7 Å². The maximum absolute atomic E-state index is 13.1. The summed E-state index contributed by atoms with van der Waals surface area (Å²) in [5, 5.41) is 2.34. The summed E-state index contributed by atoms with van der Waals surface area (Å²) in [7, 11) is 0. The Labute approximate surface area is 195 Å². The number of nitrogens with one attached hydrogen (secondary N) is 1. The van der Waals surface area contributed by atoms with Crippen molar-refractivity contribution < 1.29 is 14.4 Å². The molecule has 2 aliphatic heterocycles. The van der Waals surface area contributed by atoms with Gasteiger partial charge in [-0.05, 0) is 60.5 Å². The molecular weight excluding hydrogens is 430 g/mol. The van der Waals surface area contributed by atoms with Crippen molar-refractivity contribution >= 4 is 34.4 Å². The third-order valence-electron chi connectivity index (χ3n) is 6.49. The topological polar surface area (TPSA) is 110 Å². The van der Waals surface area contributed by atoms with Crippen LogP contribution in [0.1, 0.15) is 28.8 Å².